The fourth-order valence-corrected chi connectivity index (χ4v) is 2.36. The summed E-state index contributed by atoms with van der Waals surface area (Å²) in [6, 6.07) is 1.98. The Kier molecular flexibility index (Phi) is 7.12. The van der Waals surface area contributed by atoms with E-state index in [1.54, 1.807) is 0 Å². The maximum atomic E-state index is 13.9. The normalized spacial score (nSPS) is 13.6. The van der Waals surface area contributed by atoms with Crippen molar-refractivity contribution >= 4 is 23.2 Å². The fraction of sp³-hybridized carbons (Fsp3) is 0.222. The Morgan fingerprint density at radius 1 is 1.23 bits per heavy atom. The third kappa shape index (κ3) is 6.12. The second-order valence-electron chi connectivity index (χ2n) is 6.10. The Hall–Kier alpha value is -3.74. The molecule has 0 aliphatic carbocycles. The number of aliphatic imine (C=N–C) groups is 2. The number of aliphatic hydroxyl groups excluding tert-OH is 1. The van der Waals surface area contributed by atoms with Gasteiger partial charge in [-0.3, -0.25) is 0 Å². The molecule has 1 atom stereocenters. The zero-order chi connectivity index (χ0) is 23.3. The van der Waals surface area contributed by atoms with Crippen LogP contribution in [0.1, 0.15) is 24.2 Å². The molecule has 0 saturated heterocycles. The van der Waals surface area contributed by atoms with Crippen LogP contribution < -0.4 is 21.5 Å². The van der Waals surface area contributed by atoms with E-state index in [9.17, 15) is 22.7 Å². The molecule has 0 saturated carbocycles. The molecule has 2 aromatic rings. The first kappa shape index (κ1) is 23.5. The molecule has 166 valence electrons. The predicted octanol–water partition coefficient (Wildman–Crippen LogP) is 2.52. The zero-order valence-corrected chi connectivity index (χ0v) is 16.4. The van der Waals surface area contributed by atoms with Crippen LogP contribution in [0, 0.1) is 5.82 Å². The molecule has 13 heteroatoms. The van der Waals surface area contributed by atoms with Crippen molar-refractivity contribution in [3.8, 4) is 5.88 Å². The Morgan fingerprint density at radius 3 is 2.45 bits per heavy atom. The summed E-state index contributed by atoms with van der Waals surface area (Å²) in [5.74, 6) is -1.41. The summed E-state index contributed by atoms with van der Waals surface area (Å²) in [5, 5.41) is 12.2. The molecule has 1 unspecified atom stereocenters. The molecule has 2 heterocycles. The number of alkyl halides is 3. The second-order valence-corrected chi connectivity index (χ2v) is 6.10. The minimum Gasteiger partial charge on any atom is -0.479 e. The van der Waals surface area contributed by atoms with Gasteiger partial charge in [0.2, 0.25) is 5.88 Å². The van der Waals surface area contributed by atoms with Gasteiger partial charge in [-0.25, -0.2) is 24.3 Å². The van der Waals surface area contributed by atoms with E-state index in [4.69, 9.17) is 16.2 Å². The monoisotopic (exact) mass is 441 g/mol. The Morgan fingerprint density at radius 2 is 1.90 bits per heavy atom. The molecule has 0 amide bonds. The smallest absolute Gasteiger partial charge is 0.418 e. The molecular weight excluding hydrogens is 422 g/mol. The van der Waals surface area contributed by atoms with Crippen molar-refractivity contribution in [2.24, 2.45) is 21.5 Å². The molecule has 31 heavy (non-hydrogen) atoms. The number of nitrogens with one attached hydrogen (secondary N) is 1. The number of methoxy groups -OCH3 is 1. The maximum absolute atomic E-state index is 13.9. The van der Waals surface area contributed by atoms with Crippen LogP contribution >= 0.6 is 0 Å². The van der Waals surface area contributed by atoms with Crippen LogP contribution in [-0.4, -0.2) is 40.0 Å². The van der Waals surface area contributed by atoms with Gasteiger partial charge in [0, 0.05) is 17.8 Å². The SMILES string of the molecule is C=C(N)/N=C(C)\N=C(/N)c1cc(C(O)C(F)(F)F)cnc1Nc1cnc(OC)c(F)c1. The van der Waals surface area contributed by atoms with Gasteiger partial charge < -0.3 is 26.6 Å². The number of nitrogens with zero attached hydrogens (tertiary/aromatic N) is 4. The average molecular weight is 441 g/mol. The van der Waals surface area contributed by atoms with Gasteiger partial charge in [-0.1, -0.05) is 6.58 Å². The third-order valence-corrected chi connectivity index (χ3v) is 3.66. The molecule has 0 radical (unpaired) electrons. The molecule has 0 spiro atoms. The third-order valence-electron chi connectivity index (χ3n) is 3.66. The van der Waals surface area contributed by atoms with E-state index in [-0.39, 0.29) is 40.4 Å². The average Bonchev–Trinajstić information content (AvgIpc) is 2.66. The van der Waals surface area contributed by atoms with Crippen molar-refractivity contribution in [2.45, 2.75) is 19.2 Å². The summed E-state index contributed by atoms with van der Waals surface area (Å²) in [6.45, 7) is 4.81. The van der Waals surface area contributed by atoms with E-state index in [1.165, 1.54) is 20.2 Å². The van der Waals surface area contributed by atoms with Gasteiger partial charge >= 0.3 is 6.18 Å². The van der Waals surface area contributed by atoms with E-state index in [1.807, 2.05) is 0 Å². The summed E-state index contributed by atoms with van der Waals surface area (Å²) in [6.07, 6.45) is -5.73. The quantitative estimate of drug-likeness (QED) is 0.306. The topological polar surface area (TPSA) is 144 Å². The largest absolute Gasteiger partial charge is 0.479 e. The van der Waals surface area contributed by atoms with Gasteiger partial charge in [0.1, 0.15) is 23.3 Å². The van der Waals surface area contributed by atoms with Crippen LogP contribution in [0.2, 0.25) is 0 Å². The summed E-state index contributed by atoms with van der Waals surface area (Å²) < 4.78 is 57.4. The number of amidine groups is 2. The van der Waals surface area contributed by atoms with Crippen LogP contribution in [0.15, 0.2) is 46.9 Å². The number of pyridine rings is 2. The Balaban J connectivity index is 2.55. The number of hydrogen-bond acceptors (Lipinski definition) is 7. The van der Waals surface area contributed by atoms with Crippen LogP contribution in [0.25, 0.3) is 0 Å². The van der Waals surface area contributed by atoms with Gasteiger partial charge in [0.25, 0.3) is 0 Å². The van der Waals surface area contributed by atoms with Crippen molar-refractivity contribution in [3.63, 3.8) is 0 Å². The maximum Gasteiger partial charge on any atom is 0.418 e. The first-order valence-electron chi connectivity index (χ1n) is 8.47. The first-order valence-corrected chi connectivity index (χ1v) is 8.47. The molecule has 2 rings (SSSR count). The van der Waals surface area contributed by atoms with Gasteiger partial charge in [0.05, 0.1) is 24.6 Å². The molecule has 6 N–H and O–H groups in total. The molecule has 2 aromatic heterocycles. The lowest BCUT2D eigenvalue weighted by Crippen LogP contribution is -2.23. The fourth-order valence-electron chi connectivity index (χ4n) is 2.36. The lowest BCUT2D eigenvalue weighted by molar-refractivity contribution is -0.206. The zero-order valence-electron chi connectivity index (χ0n) is 16.4. The summed E-state index contributed by atoms with van der Waals surface area (Å²) >= 11 is 0. The van der Waals surface area contributed by atoms with Crippen molar-refractivity contribution in [1.29, 1.82) is 0 Å². The van der Waals surface area contributed by atoms with Crippen LogP contribution in [0.3, 0.4) is 0 Å². The number of anilines is 2. The number of nitrogens with two attached hydrogens (primary N) is 2. The molecule has 0 bridgehead atoms. The van der Waals surface area contributed by atoms with Crippen molar-refractivity contribution < 1.29 is 27.4 Å². The number of rotatable bonds is 6. The van der Waals surface area contributed by atoms with E-state index in [0.29, 0.717) is 0 Å². The Labute approximate surface area is 174 Å². The highest BCUT2D eigenvalue weighted by atomic mass is 19.4. The summed E-state index contributed by atoms with van der Waals surface area (Å²) in [7, 11) is 1.24. The number of hydrogen-bond donors (Lipinski definition) is 4. The predicted molar refractivity (Wildman–Crippen MR) is 106 cm³/mol. The standard InChI is InChI=1S/C18H19F4N7O2/c1-8(23)27-9(2)28-15(24)12-4-10(14(30)18(20,21)22)6-25-16(12)29-11-5-13(19)17(31-3)26-7-11/h4-7,14,30H,1,23H2,2-3H3,(H,25,29)(H2,24,27,28). The highest BCUT2D eigenvalue weighted by molar-refractivity contribution is 6.08. The minimum absolute atomic E-state index is 0.0634. The summed E-state index contributed by atoms with van der Waals surface area (Å²) in [4.78, 5) is 15.3. The van der Waals surface area contributed by atoms with Gasteiger partial charge in [0.15, 0.2) is 11.9 Å². The molecule has 0 aromatic carbocycles. The number of aliphatic hydroxyl groups is 1. The van der Waals surface area contributed by atoms with Gasteiger partial charge in [-0.05, 0) is 13.0 Å². The highest BCUT2D eigenvalue weighted by Crippen LogP contribution is 2.33. The van der Waals surface area contributed by atoms with E-state index >= 15 is 0 Å². The highest BCUT2D eigenvalue weighted by Gasteiger charge is 2.40. The molecular formula is C18H19F4N7O2. The van der Waals surface area contributed by atoms with Crippen LogP contribution in [-0.2, 0) is 0 Å². The van der Waals surface area contributed by atoms with Gasteiger partial charge in [-0.2, -0.15) is 13.2 Å². The molecule has 0 aliphatic rings. The van der Waals surface area contributed by atoms with Crippen LogP contribution in [0.4, 0.5) is 29.1 Å². The first-order chi connectivity index (χ1) is 14.4. The number of halogens is 4. The van der Waals surface area contributed by atoms with Gasteiger partial charge in [-0.15, -0.1) is 0 Å². The minimum atomic E-state index is -4.93. The second kappa shape index (κ2) is 9.38. The lowest BCUT2D eigenvalue weighted by Gasteiger charge is -2.17. The molecule has 0 aliphatic heterocycles. The van der Waals surface area contributed by atoms with Crippen LogP contribution in [0.5, 0.6) is 5.88 Å². The van der Waals surface area contributed by atoms with Crippen molar-refractivity contribution in [2.75, 3.05) is 12.4 Å². The Bertz CT molecular complexity index is 1040. The van der Waals surface area contributed by atoms with Crippen molar-refractivity contribution in [1.82, 2.24) is 9.97 Å². The molecule has 0 fully saturated rings. The number of aromatic nitrogens is 2. The van der Waals surface area contributed by atoms with E-state index in [0.717, 1.165) is 18.3 Å². The number of ether oxygens (including phenoxy) is 1. The van der Waals surface area contributed by atoms with E-state index < -0.39 is 23.7 Å². The lowest BCUT2D eigenvalue weighted by atomic mass is 10.1. The summed E-state index contributed by atoms with van der Waals surface area (Å²) in [5.41, 5.74) is 10.7. The van der Waals surface area contributed by atoms with E-state index in [2.05, 4.69) is 31.8 Å². The molecule has 9 nitrogen and oxygen atoms in total. The van der Waals surface area contributed by atoms with Crippen molar-refractivity contribution in [3.05, 3.63) is 53.9 Å².